The Morgan fingerprint density at radius 2 is 1.75 bits per heavy atom. The molecule has 2 aromatic rings. The van der Waals surface area contributed by atoms with Crippen LogP contribution in [0.1, 0.15) is 36.2 Å². The number of carbonyl (C=O) groups excluding carboxylic acids is 2. The van der Waals surface area contributed by atoms with E-state index < -0.39 is 0 Å². The number of hydrogen-bond acceptors (Lipinski definition) is 2. The van der Waals surface area contributed by atoms with Crippen LogP contribution in [0.3, 0.4) is 0 Å². The average molecular weight is 345 g/mol. The van der Waals surface area contributed by atoms with Crippen LogP contribution in [0.25, 0.3) is 0 Å². The van der Waals surface area contributed by atoms with Crippen molar-refractivity contribution >= 4 is 29.1 Å². The molecule has 0 aliphatic heterocycles. The summed E-state index contributed by atoms with van der Waals surface area (Å²) >= 11 is 6.08. The van der Waals surface area contributed by atoms with Gasteiger partial charge in [0.05, 0.1) is 17.7 Å². The Morgan fingerprint density at radius 3 is 2.46 bits per heavy atom. The van der Waals surface area contributed by atoms with E-state index in [0.717, 1.165) is 12.0 Å². The van der Waals surface area contributed by atoms with Gasteiger partial charge in [0.1, 0.15) is 0 Å². The molecular formula is C19H21ClN2O2. The molecule has 126 valence electrons. The molecular weight excluding hydrogens is 324 g/mol. The highest BCUT2D eigenvalue weighted by Crippen LogP contribution is 2.18. The van der Waals surface area contributed by atoms with Gasteiger partial charge in [-0.1, -0.05) is 48.9 Å². The first-order valence-corrected chi connectivity index (χ1v) is 8.32. The lowest BCUT2D eigenvalue weighted by Crippen LogP contribution is -2.32. The Labute approximate surface area is 147 Å². The summed E-state index contributed by atoms with van der Waals surface area (Å²) in [5, 5.41) is 6.26. The minimum Gasteiger partial charge on any atom is -0.350 e. The summed E-state index contributed by atoms with van der Waals surface area (Å²) in [6, 6.07) is 14.3. The van der Waals surface area contributed by atoms with Gasteiger partial charge in [0.2, 0.25) is 5.91 Å². The number of nitrogens with one attached hydrogen (secondary N) is 2. The largest absolute Gasteiger partial charge is 0.350 e. The van der Waals surface area contributed by atoms with Gasteiger partial charge in [-0.3, -0.25) is 9.59 Å². The molecule has 0 aromatic heterocycles. The first-order valence-electron chi connectivity index (χ1n) is 7.94. The fraction of sp³-hybridized carbons (Fsp3) is 0.263. The summed E-state index contributed by atoms with van der Waals surface area (Å²) in [4.78, 5) is 24.6. The average Bonchev–Trinajstić information content (AvgIpc) is 2.57. The Hall–Kier alpha value is -2.33. The molecule has 0 unspecified atom stereocenters. The van der Waals surface area contributed by atoms with Crippen molar-refractivity contribution in [1.82, 2.24) is 5.32 Å². The molecule has 0 aliphatic carbocycles. The third kappa shape index (κ3) is 4.83. The monoisotopic (exact) mass is 344 g/mol. The number of anilines is 1. The molecule has 2 rings (SSSR count). The lowest BCUT2D eigenvalue weighted by atomic mass is 10.1. The molecule has 0 spiro atoms. The minimum atomic E-state index is -0.216. The van der Waals surface area contributed by atoms with Crippen molar-refractivity contribution in [2.45, 2.75) is 32.7 Å². The van der Waals surface area contributed by atoms with E-state index in [4.69, 9.17) is 11.6 Å². The zero-order valence-electron chi connectivity index (χ0n) is 13.8. The van der Waals surface area contributed by atoms with Crippen molar-refractivity contribution in [2.75, 3.05) is 5.32 Å². The van der Waals surface area contributed by atoms with E-state index in [0.29, 0.717) is 16.3 Å². The molecule has 0 saturated heterocycles. The minimum absolute atomic E-state index is 0.0735. The summed E-state index contributed by atoms with van der Waals surface area (Å²) in [7, 11) is 0. The molecule has 1 atom stereocenters. The fourth-order valence-electron chi connectivity index (χ4n) is 2.20. The topological polar surface area (TPSA) is 58.2 Å². The van der Waals surface area contributed by atoms with Crippen LogP contribution in [0.2, 0.25) is 5.02 Å². The number of halogens is 1. The zero-order chi connectivity index (χ0) is 17.5. The van der Waals surface area contributed by atoms with Crippen molar-refractivity contribution in [3.8, 4) is 0 Å². The van der Waals surface area contributed by atoms with Crippen LogP contribution in [-0.2, 0) is 11.2 Å². The summed E-state index contributed by atoms with van der Waals surface area (Å²) < 4.78 is 0. The van der Waals surface area contributed by atoms with E-state index in [9.17, 15) is 9.59 Å². The maximum absolute atomic E-state index is 12.3. The van der Waals surface area contributed by atoms with Crippen LogP contribution in [0, 0.1) is 0 Å². The first-order chi connectivity index (χ1) is 11.5. The van der Waals surface area contributed by atoms with Crippen molar-refractivity contribution in [3.63, 3.8) is 0 Å². The lowest BCUT2D eigenvalue weighted by Gasteiger charge is -2.14. The second-order valence-corrected chi connectivity index (χ2v) is 6.05. The molecule has 4 nitrogen and oxygen atoms in total. The maximum Gasteiger partial charge on any atom is 0.253 e. The Bertz CT molecular complexity index is 731. The maximum atomic E-state index is 12.3. The molecule has 24 heavy (non-hydrogen) atoms. The molecule has 0 bridgehead atoms. The highest BCUT2D eigenvalue weighted by molar-refractivity contribution is 6.31. The Morgan fingerprint density at radius 1 is 1.08 bits per heavy atom. The van der Waals surface area contributed by atoms with Gasteiger partial charge in [-0.15, -0.1) is 0 Å². The van der Waals surface area contributed by atoms with E-state index >= 15 is 0 Å². The van der Waals surface area contributed by atoms with E-state index in [2.05, 4.69) is 10.6 Å². The van der Waals surface area contributed by atoms with Gasteiger partial charge < -0.3 is 10.6 Å². The van der Waals surface area contributed by atoms with Crippen molar-refractivity contribution in [1.29, 1.82) is 0 Å². The van der Waals surface area contributed by atoms with E-state index in [1.807, 2.05) is 32.0 Å². The molecule has 0 heterocycles. The predicted octanol–water partition coefficient (Wildman–Crippen LogP) is 4.05. The van der Waals surface area contributed by atoms with Gasteiger partial charge in [0.25, 0.3) is 5.91 Å². The highest BCUT2D eigenvalue weighted by Gasteiger charge is 2.15. The van der Waals surface area contributed by atoms with E-state index in [1.165, 1.54) is 0 Å². The first kappa shape index (κ1) is 18.0. The Kier molecular flexibility index (Phi) is 6.38. The normalized spacial score (nSPS) is 11.6. The molecule has 5 heteroatoms. The predicted molar refractivity (Wildman–Crippen MR) is 97.4 cm³/mol. The Balaban J connectivity index is 2.11. The van der Waals surface area contributed by atoms with Gasteiger partial charge in [0.15, 0.2) is 0 Å². The van der Waals surface area contributed by atoms with Crippen LogP contribution in [0.5, 0.6) is 0 Å². The highest BCUT2D eigenvalue weighted by atomic mass is 35.5. The van der Waals surface area contributed by atoms with Crippen molar-refractivity contribution < 1.29 is 9.59 Å². The molecule has 2 amide bonds. The second-order valence-electron chi connectivity index (χ2n) is 5.64. The van der Waals surface area contributed by atoms with Gasteiger partial charge >= 0.3 is 0 Å². The fourth-order valence-corrected chi connectivity index (χ4v) is 2.41. The molecule has 0 radical (unpaired) electrons. The standard InChI is InChI=1S/C19H21ClN2O2/c1-3-13(2)21-19(24)15-9-5-7-11-17(15)22-18(23)12-14-8-4-6-10-16(14)20/h4-11,13H,3,12H2,1-2H3,(H,21,24)(H,22,23)/t13-/m1/s1. The third-order valence-corrected chi connectivity index (χ3v) is 4.11. The smallest absolute Gasteiger partial charge is 0.253 e. The third-order valence-electron chi connectivity index (χ3n) is 3.74. The van der Waals surface area contributed by atoms with Crippen LogP contribution < -0.4 is 10.6 Å². The summed E-state index contributed by atoms with van der Waals surface area (Å²) in [6.07, 6.45) is 0.994. The SMILES string of the molecule is CC[C@@H](C)NC(=O)c1ccccc1NC(=O)Cc1ccccc1Cl. The molecule has 2 N–H and O–H groups in total. The van der Waals surface area contributed by atoms with Gasteiger partial charge in [-0.25, -0.2) is 0 Å². The number of carbonyl (C=O) groups is 2. The summed E-state index contributed by atoms with van der Waals surface area (Å²) in [5.74, 6) is -0.412. The number of benzene rings is 2. The van der Waals surface area contributed by atoms with Gasteiger partial charge in [-0.2, -0.15) is 0 Å². The number of amides is 2. The van der Waals surface area contributed by atoms with Crippen LogP contribution in [0.15, 0.2) is 48.5 Å². The van der Waals surface area contributed by atoms with Crippen LogP contribution in [-0.4, -0.2) is 17.9 Å². The van der Waals surface area contributed by atoms with E-state index in [1.54, 1.807) is 30.3 Å². The quantitative estimate of drug-likeness (QED) is 0.830. The second kappa shape index (κ2) is 8.50. The molecule has 0 fully saturated rings. The van der Waals surface area contributed by atoms with Crippen LogP contribution >= 0.6 is 11.6 Å². The van der Waals surface area contributed by atoms with Crippen LogP contribution in [0.4, 0.5) is 5.69 Å². The summed E-state index contributed by atoms with van der Waals surface area (Å²) in [6.45, 7) is 3.94. The number of hydrogen-bond donors (Lipinski definition) is 2. The van der Waals surface area contributed by atoms with Crippen molar-refractivity contribution in [3.05, 3.63) is 64.7 Å². The molecule has 2 aromatic carbocycles. The zero-order valence-corrected chi connectivity index (χ0v) is 14.6. The van der Waals surface area contributed by atoms with Gasteiger partial charge in [0, 0.05) is 11.1 Å². The summed E-state index contributed by atoms with van der Waals surface area (Å²) in [5.41, 5.74) is 1.69. The van der Waals surface area contributed by atoms with Gasteiger partial charge in [-0.05, 0) is 37.1 Å². The van der Waals surface area contributed by atoms with E-state index in [-0.39, 0.29) is 24.3 Å². The molecule has 0 aliphatic rings. The molecule has 0 saturated carbocycles. The van der Waals surface area contributed by atoms with Crippen molar-refractivity contribution in [2.24, 2.45) is 0 Å². The number of para-hydroxylation sites is 1. The number of rotatable bonds is 6. The lowest BCUT2D eigenvalue weighted by molar-refractivity contribution is -0.115.